The molecule has 3 rings (SSSR count). The number of non-ortho nitro benzene ring substituents is 1. The van der Waals surface area contributed by atoms with E-state index in [-0.39, 0.29) is 23.8 Å². The topological polar surface area (TPSA) is 125 Å². The Hall–Kier alpha value is -2.92. The molecule has 2 atom stereocenters. The summed E-state index contributed by atoms with van der Waals surface area (Å²) in [6.07, 6.45) is 1.01. The minimum atomic E-state index is -0.725. The number of nitro benzene ring substituents is 1. The molecule has 1 aromatic rings. The number of amides is 3. The summed E-state index contributed by atoms with van der Waals surface area (Å²) in [6, 6.07) is 4.07. The highest BCUT2D eigenvalue weighted by Crippen LogP contribution is 2.29. The summed E-state index contributed by atoms with van der Waals surface area (Å²) in [6.45, 7) is 1.98. The van der Waals surface area contributed by atoms with Crippen LogP contribution in [0.4, 0.5) is 10.5 Å². The quantitative estimate of drug-likeness (QED) is 0.399. The number of hydrogen-bond donors (Lipinski definition) is 1. The lowest BCUT2D eigenvalue weighted by atomic mass is 10.1. The third-order valence-corrected chi connectivity index (χ3v) is 5.78. The number of halogens is 1. The zero-order chi connectivity index (χ0) is 22.0. The number of allylic oxidation sites excluding steroid dienone is 1. The van der Waals surface area contributed by atoms with Gasteiger partial charge in [-0.2, -0.15) is 0 Å². The average molecular weight is 452 g/mol. The van der Waals surface area contributed by atoms with Crippen LogP contribution in [0.3, 0.4) is 0 Å². The number of fused-ring (bicyclic) bond motifs is 1. The smallest absolute Gasteiger partial charge is 0.325 e. The van der Waals surface area contributed by atoms with Gasteiger partial charge in [0.25, 0.3) is 11.6 Å². The average Bonchev–Trinajstić information content (AvgIpc) is 3.08. The first-order chi connectivity index (χ1) is 14.2. The molecule has 3 amide bonds. The molecule has 0 aliphatic carbocycles. The molecule has 2 aliphatic rings. The van der Waals surface area contributed by atoms with Crippen molar-refractivity contribution in [1.29, 1.82) is 0 Å². The van der Waals surface area contributed by atoms with Gasteiger partial charge < -0.3 is 9.80 Å². The Kier molecular flexibility index (Phi) is 6.42. The number of thioether (sulfide) groups is 1. The number of imide groups is 1. The van der Waals surface area contributed by atoms with Crippen LogP contribution in [0.25, 0.3) is 0 Å². The molecule has 2 heterocycles. The fourth-order valence-corrected chi connectivity index (χ4v) is 4.05. The van der Waals surface area contributed by atoms with Gasteiger partial charge in [0.05, 0.1) is 10.7 Å². The largest absolute Gasteiger partial charge is 0.332 e. The van der Waals surface area contributed by atoms with Crippen LogP contribution in [0.5, 0.6) is 0 Å². The molecule has 1 aromatic carbocycles. The van der Waals surface area contributed by atoms with Crippen molar-refractivity contribution in [1.82, 2.24) is 15.1 Å². The van der Waals surface area contributed by atoms with E-state index in [4.69, 9.17) is 11.6 Å². The molecular weight excluding hydrogens is 434 g/mol. The van der Waals surface area contributed by atoms with Gasteiger partial charge in [-0.15, -0.1) is 0 Å². The third-order valence-electron chi connectivity index (χ3n) is 4.62. The molecule has 0 aromatic heterocycles. The molecule has 1 fully saturated rings. The fraction of sp³-hybridized carbons (Fsp3) is 0.333. The maximum atomic E-state index is 12.5. The number of nitrogens with zero attached hydrogens (tertiary/aromatic N) is 4. The van der Waals surface area contributed by atoms with Crippen LogP contribution in [-0.2, 0) is 4.79 Å². The molecule has 0 saturated carbocycles. The molecule has 10 nitrogen and oxygen atoms in total. The lowest BCUT2D eigenvalue weighted by Gasteiger charge is -2.35. The van der Waals surface area contributed by atoms with E-state index >= 15 is 0 Å². The van der Waals surface area contributed by atoms with Gasteiger partial charge in [-0.25, -0.2) is 9.79 Å². The number of ketones is 1. The van der Waals surface area contributed by atoms with E-state index in [1.807, 2.05) is 0 Å². The monoisotopic (exact) mass is 451 g/mol. The van der Waals surface area contributed by atoms with Gasteiger partial charge >= 0.3 is 6.03 Å². The maximum Gasteiger partial charge on any atom is 0.325 e. The summed E-state index contributed by atoms with van der Waals surface area (Å²) in [7, 11) is 1.54. The molecule has 1 saturated heterocycles. The number of benzene rings is 1. The van der Waals surface area contributed by atoms with E-state index in [1.54, 1.807) is 24.9 Å². The van der Waals surface area contributed by atoms with Crippen LogP contribution in [-0.4, -0.2) is 69.2 Å². The second kappa shape index (κ2) is 8.84. The van der Waals surface area contributed by atoms with Gasteiger partial charge in [-0.1, -0.05) is 29.4 Å². The summed E-state index contributed by atoms with van der Waals surface area (Å²) in [5, 5.41) is 14.0. The lowest BCUT2D eigenvalue weighted by molar-refractivity contribution is -0.384. The highest BCUT2D eigenvalue weighted by molar-refractivity contribution is 8.14. The molecule has 2 aliphatic heterocycles. The van der Waals surface area contributed by atoms with Gasteiger partial charge in [0.15, 0.2) is 23.2 Å². The molecule has 0 radical (unpaired) electrons. The van der Waals surface area contributed by atoms with Gasteiger partial charge in [0, 0.05) is 36.3 Å². The number of urea groups is 1. The van der Waals surface area contributed by atoms with Crippen molar-refractivity contribution in [2.75, 3.05) is 19.3 Å². The zero-order valence-electron chi connectivity index (χ0n) is 16.1. The van der Waals surface area contributed by atoms with Crippen LogP contribution in [0, 0.1) is 10.1 Å². The number of nitro groups is 1. The fourth-order valence-electron chi connectivity index (χ4n) is 3.02. The Labute approximate surface area is 181 Å². The van der Waals surface area contributed by atoms with Crippen molar-refractivity contribution < 1.29 is 19.3 Å². The number of Topliss-reactive ketones (excluding diaryl/α,β-unsaturated/α-hetero) is 1. The number of nitrogens with one attached hydrogen (secondary N) is 1. The highest BCUT2D eigenvalue weighted by atomic mass is 35.5. The minimum Gasteiger partial charge on any atom is -0.332 e. The number of carbonyl (C=O) groups is 3. The third kappa shape index (κ3) is 4.46. The van der Waals surface area contributed by atoms with Crippen molar-refractivity contribution in [3.8, 4) is 0 Å². The number of hydrogen-bond acceptors (Lipinski definition) is 8. The maximum absolute atomic E-state index is 12.5. The number of aliphatic imine (C=N–C) groups is 1. The second-order valence-electron chi connectivity index (χ2n) is 6.63. The van der Waals surface area contributed by atoms with E-state index in [1.165, 1.54) is 29.2 Å². The predicted molar refractivity (Wildman–Crippen MR) is 113 cm³/mol. The van der Waals surface area contributed by atoms with Crippen molar-refractivity contribution in [2.45, 2.75) is 19.1 Å². The molecule has 0 bridgehead atoms. The summed E-state index contributed by atoms with van der Waals surface area (Å²) in [5.41, 5.74) is 0.230. The first-order valence-corrected chi connectivity index (χ1v) is 10.2. The number of amidine groups is 1. The van der Waals surface area contributed by atoms with Crippen LogP contribution < -0.4 is 5.32 Å². The van der Waals surface area contributed by atoms with Crippen molar-refractivity contribution in [3.05, 3.63) is 51.1 Å². The van der Waals surface area contributed by atoms with Gasteiger partial charge in [0.2, 0.25) is 0 Å². The van der Waals surface area contributed by atoms with Gasteiger partial charge in [-0.05, 0) is 19.1 Å². The van der Waals surface area contributed by atoms with E-state index in [9.17, 15) is 24.5 Å². The second-order valence-corrected chi connectivity index (χ2v) is 8.17. The molecule has 2 unspecified atom stereocenters. The standard InChI is InChI=1S/C18H18ClN5O5S/c1-10(19)7-8-23-14-15(22(2)17(27)21-16(14)26)20-18(23)30-9-13(25)11-3-5-12(6-4-11)24(28)29/h3-7,14-15H,8-9H2,1-2H3,(H,21,26,27)/b10-7-. The normalized spacial score (nSPS) is 21.3. The molecule has 1 N–H and O–H groups in total. The van der Waals surface area contributed by atoms with Crippen molar-refractivity contribution in [3.63, 3.8) is 0 Å². The van der Waals surface area contributed by atoms with E-state index in [0.717, 1.165) is 11.8 Å². The molecule has 0 spiro atoms. The Morgan fingerprint density at radius 1 is 1.37 bits per heavy atom. The number of rotatable bonds is 6. The van der Waals surface area contributed by atoms with Crippen LogP contribution >= 0.6 is 23.4 Å². The number of likely N-dealkylation sites (N-methyl/N-ethyl adjacent to an activating group) is 1. The summed E-state index contributed by atoms with van der Waals surface area (Å²) < 4.78 is 0. The van der Waals surface area contributed by atoms with Crippen LogP contribution in [0.2, 0.25) is 0 Å². The van der Waals surface area contributed by atoms with E-state index in [2.05, 4.69) is 10.3 Å². The Balaban J connectivity index is 1.77. The van der Waals surface area contributed by atoms with Crippen molar-refractivity contribution >= 4 is 51.9 Å². The molecule has 158 valence electrons. The highest BCUT2D eigenvalue weighted by Gasteiger charge is 2.48. The summed E-state index contributed by atoms with van der Waals surface area (Å²) >= 11 is 7.06. The Morgan fingerprint density at radius 2 is 2.03 bits per heavy atom. The Bertz CT molecular complexity index is 960. The first kappa shape index (κ1) is 21.8. The van der Waals surface area contributed by atoms with E-state index < -0.39 is 29.1 Å². The minimum absolute atomic E-state index is 0.00936. The summed E-state index contributed by atoms with van der Waals surface area (Å²) in [4.78, 5) is 54.6. The molecule has 30 heavy (non-hydrogen) atoms. The van der Waals surface area contributed by atoms with Crippen molar-refractivity contribution in [2.24, 2.45) is 4.99 Å². The SMILES string of the molecule is C/C(Cl)=C/CN1C(SCC(=O)c2ccc([N+](=O)[O-])cc2)=NC2C1C(=O)NC(=O)N2C. The van der Waals surface area contributed by atoms with Crippen LogP contribution in [0.1, 0.15) is 17.3 Å². The van der Waals surface area contributed by atoms with E-state index in [0.29, 0.717) is 15.8 Å². The zero-order valence-corrected chi connectivity index (χ0v) is 17.6. The first-order valence-electron chi connectivity index (χ1n) is 8.84. The predicted octanol–water partition coefficient (Wildman–Crippen LogP) is 2.20. The molecule has 12 heteroatoms. The summed E-state index contributed by atoms with van der Waals surface area (Å²) in [5.74, 6) is -0.703. The number of carbonyl (C=O) groups excluding carboxylic acids is 3. The van der Waals surface area contributed by atoms with Crippen LogP contribution in [0.15, 0.2) is 40.4 Å². The Morgan fingerprint density at radius 3 is 2.63 bits per heavy atom. The van der Waals surface area contributed by atoms with Gasteiger partial charge in [0.1, 0.15) is 0 Å². The van der Waals surface area contributed by atoms with Gasteiger partial charge in [-0.3, -0.25) is 25.0 Å². The molecular formula is C18H18ClN5O5S. The lowest BCUT2D eigenvalue weighted by Crippen LogP contribution is -2.63.